The minimum atomic E-state index is -0.589. The highest BCUT2D eigenvalue weighted by atomic mass is 79.9. The Hall–Kier alpha value is -1.21. The third-order valence-electron chi connectivity index (χ3n) is 2.92. The fraction of sp³-hybridized carbons (Fsp3) is 0.455. The zero-order chi connectivity index (χ0) is 13.3. The molecule has 1 aliphatic carbocycles. The van der Waals surface area contributed by atoms with Crippen LogP contribution < -0.4 is 10.5 Å². The molecule has 0 bridgehead atoms. The normalized spacial score (nSPS) is 23.1. The molecular formula is C11H12BrFN2O3. The highest BCUT2D eigenvalue weighted by Gasteiger charge is 2.27. The molecule has 18 heavy (non-hydrogen) atoms. The van der Waals surface area contributed by atoms with E-state index in [2.05, 4.69) is 15.9 Å². The van der Waals surface area contributed by atoms with Crippen molar-refractivity contribution in [2.24, 2.45) is 5.73 Å². The summed E-state index contributed by atoms with van der Waals surface area (Å²) < 4.78 is 18.9. The predicted octanol–water partition coefficient (Wildman–Crippen LogP) is 2.76. The van der Waals surface area contributed by atoms with Gasteiger partial charge in [0.15, 0.2) is 5.75 Å². The molecule has 0 amide bonds. The Labute approximate surface area is 111 Å². The fourth-order valence-corrected chi connectivity index (χ4v) is 2.35. The molecule has 2 atom stereocenters. The van der Waals surface area contributed by atoms with Gasteiger partial charge in [-0.25, -0.2) is 4.39 Å². The third-order valence-corrected chi connectivity index (χ3v) is 3.52. The van der Waals surface area contributed by atoms with E-state index < -0.39 is 10.7 Å². The molecule has 0 heterocycles. The van der Waals surface area contributed by atoms with E-state index >= 15 is 0 Å². The molecule has 7 heteroatoms. The summed E-state index contributed by atoms with van der Waals surface area (Å²) in [5.41, 5.74) is 5.49. The van der Waals surface area contributed by atoms with Crippen molar-refractivity contribution >= 4 is 21.6 Å². The number of hydrogen-bond acceptors (Lipinski definition) is 4. The SMILES string of the molecule is NC1CCC(Oc2cc(F)c(Br)cc2[N+](=O)[O-])C1. The van der Waals surface area contributed by atoms with Crippen LogP contribution >= 0.6 is 15.9 Å². The Morgan fingerprint density at radius 2 is 2.22 bits per heavy atom. The molecule has 1 saturated carbocycles. The van der Waals surface area contributed by atoms with Gasteiger partial charge in [-0.15, -0.1) is 0 Å². The highest BCUT2D eigenvalue weighted by Crippen LogP contribution is 2.35. The van der Waals surface area contributed by atoms with Gasteiger partial charge in [-0.3, -0.25) is 10.1 Å². The number of hydrogen-bond donors (Lipinski definition) is 1. The second-order valence-electron chi connectivity index (χ2n) is 4.30. The lowest BCUT2D eigenvalue weighted by Crippen LogP contribution is -2.19. The predicted molar refractivity (Wildman–Crippen MR) is 67.0 cm³/mol. The van der Waals surface area contributed by atoms with Crippen molar-refractivity contribution in [3.05, 3.63) is 32.5 Å². The third kappa shape index (κ3) is 2.78. The summed E-state index contributed by atoms with van der Waals surface area (Å²) in [5, 5.41) is 10.9. The minimum absolute atomic E-state index is 0.0419. The van der Waals surface area contributed by atoms with Crippen molar-refractivity contribution in [2.75, 3.05) is 0 Å². The monoisotopic (exact) mass is 318 g/mol. The van der Waals surface area contributed by atoms with Crippen molar-refractivity contribution in [3.63, 3.8) is 0 Å². The van der Waals surface area contributed by atoms with E-state index in [0.717, 1.165) is 25.0 Å². The molecule has 1 aliphatic rings. The van der Waals surface area contributed by atoms with Crippen LogP contribution in [0.3, 0.4) is 0 Å². The second-order valence-corrected chi connectivity index (χ2v) is 5.16. The van der Waals surface area contributed by atoms with Crippen LogP contribution in [0.25, 0.3) is 0 Å². The van der Waals surface area contributed by atoms with E-state index in [4.69, 9.17) is 10.5 Å². The largest absolute Gasteiger partial charge is 0.483 e. The van der Waals surface area contributed by atoms with Crippen LogP contribution in [0, 0.1) is 15.9 Å². The van der Waals surface area contributed by atoms with Crippen LogP contribution in [0.15, 0.2) is 16.6 Å². The molecule has 1 aromatic carbocycles. The lowest BCUT2D eigenvalue weighted by atomic mass is 10.2. The molecule has 0 aromatic heterocycles. The number of nitro benzene ring substituents is 1. The molecule has 5 nitrogen and oxygen atoms in total. The van der Waals surface area contributed by atoms with E-state index in [0.29, 0.717) is 6.42 Å². The number of ether oxygens (including phenoxy) is 1. The van der Waals surface area contributed by atoms with E-state index in [1.165, 1.54) is 0 Å². The van der Waals surface area contributed by atoms with Gasteiger partial charge >= 0.3 is 5.69 Å². The lowest BCUT2D eigenvalue weighted by Gasteiger charge is -2.13. The van der Waals surface area contributed by atoms with Crippen molar-refractivity contribution in [1.29, 1.82) is 0 Å². The van der Waals surface area contributed by atoms with Gasteiger partial charge in [-0.1, -0.05) is 0 Å². The Balaban J connectivity index is 2.25. The molecule has 98 valence electrons. The maximum Gasteiger partial charge on any atom is 0.312 e. The minimum Gasteiger partial charge on any atom is -0.483 e. The molecule has 1 aromatic rings. The first kappa shape index (κ1) is 13.2. The molecule has 2 rings (SSSR count). The number of nitro groups is 1. The van der Waals surface area contributed by atoms with Gasteiger partial charge in [-0.05, 0) is 35.2 Å². The molecule has 2 N–H and O–H groups in total. The number of halogens is 2. The number of rotatable bonds is 3. The summed E-state index contributed by atoms with van der Waals surface area (Å²) in [6, 6.07) is 2.19. The average molecular weight is 319 g/mol. The Bertz CT molecular complexity index is 484. The van der Waals surface area contributed by atoms with Crippen LogP contribution in [0.4, 0.5) is 10.1 Å². The summed E-state index contributed by atoms with van der Waals surface area (Å²) in [4.78, 5) is 10.3. The summed E-state index contributed by atoms with van der Waals surface area (Å²) in [5.74, 6) is -0.627. The molecule has 1 fully saturated rings. The van der Waals surface area contributed by atoms with Crippen molar-refractivity contribution in [1.82, 2.24) is 0 Å². The Kier molecular flexibility index (Phi) is 3.82. The van der Waals surface area contributed by atoms with Crippen molar-refractivity contribution < 1.29 is 14.1 Å². The van der Waals surface area contributed by atoms with Crippen LogP contribution in [-0.4, -0.2) is 17.1 Å². The zero-order valence-electron chi connectivity index (χ0n) is 9.44. The Morgan fingerprint density at radius 1 is 1.50 bits per heavy atom. The summed E-state index contributed by atoms with van der Waals surface area (Å²) in [7, 11) is 0. The molecule has 0 spiro atoms. The van der Waals surface area contributed by atoms with Crippen molar-refractivity contribution in [3.8, 4) is 5.75 Å². The van der Waals surface area contributed by atoms with Gasteiger partial charge in [0.1, 0.15) is 11.9 Å². The van der Waals surface area contributed by atoms with Gasteiger partial charge in [0.25, 0.3) is 0 Å². The number of nitrogens with two attached hydrogens (primary N) is 1. The quantitative estimate of drug-likeness (QED) is 0.686. The summed E-state index contributed by atoms with van der Waals surface area (Å²) in [6.45, 7) is 0. The summed E-state index contributed by atoms with van der Waals surface area (Å²) >= 11 is 2.92. The maximum atomic E-state index is 13.4. The topological polar surface area (TPSA) is 78.4 Å². The van der Waals surface area contributed by atoms with E-state index in [1.54, 1.807) is 0 Å². The first-order chi connectivity index (χ1) is 8.47. The van der Waals surface area contributed by atoms with Crippen LogP contribution in [0.5, 0.6) is 5.75 Å². The summed E-state index contributed by atoms with van der Waals surface area (Å²) in [6.07, 6.45) is 2.00. The smallest absolute Gasteiger partial charge is 0.312 e. The van der Waals surface area contributed by atoms with E-state index in [9.17, 15) is 14.5 Å². The fourth-order valence-electron chi connectivity index (χ4n) is 2.02. The van der Waals surface area contributed by atoms with E-state index in [1.807, 2.05) is 0 Å². The second kappa shape index (κ2) is 5.19. The zero-order valence-corrected chi connectivity index (χ0v) is 11.0. The van der Waals surface area contributed by atoms with Gasteiger partial charge in [0.2, 0.25) is 0 Å². The van der Waals surface area contributed by atoms with Gasteiger partial charge < -0.3 is 10.5 Å². The van der Waals surface area contributed by atoms with Gasteiger partial charge in [0, 0.05) is 18.2 Å². The first-order valence-corrected chi connectivity index (χ1v) is 6.32. The Morgan fingerprint density at radius 3 is 2.78 bits per heavy atom. The van der Waals surface area contributed by atoms with Gasteiger partial charge in [0.05, 0.1) is 9.40 Å². The van der Waals surface area contributed by atoms with Crippen LogP contribution in [0.2, 0.25) is 0 Å². The average Bonchev–Trinajstić information content (AvgIpc) is 2.68. The molecule has 0 radical (unpaired) electrons. The number of nitrogens with zero attached hydrogens (tertiary/aromatic N) is 1. The number of benzene rings is 1. The standard InChI is InChI=1S/C11H12BrFN2O3/c12-8-4-10(15(16)17)11(5-9(8)13)18-7-2-1-6(14)3-7/h4-7H,1-3,14H2. The maximum absolute atomic E-state index is 13.4. The highest BCUT2D eigenvalue weighted by molar-refractivity contribution is 9.10. The molecule has 0 aliphatic heterocycles. The lowest BCUT2D eigenvalue weighted by molar-refractivity contribution is -0.386. The molecule has 0 saturated heterocycles. The van der Waals surface area contributed by atoms with Crippen LogP contribution in [-0.2, 0) is 0 Å². The first-order valence-electron chi connectivity index (χ1n) is 5.53. The van der Waals surface area contributed by atoms with Crippen LogP contribution in [0.1, 0.15) is 19.3 Å². The van der Waals surface area contributed by atoms with E-state index in [-0.39, 0.29) is 28.1 Å². The molecular weight excluding hydrogens is 307 g/mol. The molecule has 2 unspecified atom stereocenters. The van der Waals surface area contributed by atoms with Crippen molar-refractivity contribution in [2.45, 2.75) is 31.4 Å². The van der Waals surface area contributed by atoms with Gasteiger partial charge in [-0.2, -0.15) is 0 Å².